The highest BCUT2D eigenvalue weighted by atomic mass is 35.5. The van der Waals surface area contributed by atoms with Gasteiger partial charge >= 0.3 is 0 Å². The van der Waals surface area contributed by atoms with E-state index in [-0.39, 0.29) is 13.2 Å². The maximum atomic E-state index is 13.5. The van der Waals surface area contributed by atoms with E-state index in [2.05, 4.69) is 4.98 Å². The van der Waals surface area contributed by atoms with E-state index in [1.807, 2.05) is 0 Å². The van der Waals surface area contributed by atoms with Crippen LogP contribution in [0.15, 0.2) is 36.5 Å². The van der Waals surface area contributed by atoms with Crippen molar-refractivity contribution in [1.29, 1.82) is 0 Å². The van der Waals surface area contributed by atoms with Crippen LogP contribution in [0.25, 0.3) is 0 Å². The quantitative estimate of drug-likeness (QED) is 0.926. The van der Waals surface area contributed by atoms with E-state index in [4.69, 9.17) is 21.4 Å². The predicted molar refractivity (Wildman–Crippen MR) is 65.9 cm³/mol. The highest BCUT2D eigenvalue weighted by Gasteiger charge is 2.04. The number of hydrogen-bond donors (Lipinski definition) is 1. The molecule has 0 radical (unpaired) electrons. The van der Waals surface area contributed by atoms with Crippen molar-refractivity contribution in [3.05, 3.63) is 58.6 Å². The van der Waals surface area contributed by atoms with Gasteiger partial charge in [0, 0.05) is 10.6 Å². The minimum Gasteiger partial charge on any atom is -0.487 e. The predicted octanol–water partition coefficient (Wildman–Crippen LogP) is 2.95. The smallest absolute Gasteiger partial charge is 0.138 e. The Hall–Kier alpha value is -1.65. The Morgan fingerprint density at radius 2 is 2.11 bits per heavy atom. The van der Waals surface area contributed by atoms with Crippen molar-refractivity contribution in [2.45, 2.75) is 13.2 Å². The van der Waals surface area contributed by atoms with Crippen LogP contribution in [0.4, 0.5) is 4.39 Å². The Morgan fingerprint density at radius 1 is 1.28 bits per heavy atom. The number of benzene rings is 1. The monoisotopic (exact) mass is 267 g/mol. The lowest BCUT2D eigenvalue weighted by Gasteiger charge is -2.07. The molecular formula is C13H11ClFNO2. The van der Waals surface area contributed by atoms with Crippen molar-refractivity contribution < 1.29 is 14.2 Å². The molecule has 1 aromatic carbocycles. The van der Waals surface area contributed by atoms with Crippen molar-refractivity contribution in [3.63, 3.8) is 0 Å². The van der Waals surface area contributed by atoms with E-state index >= 15 is 0 Å². The molecule has 18 heavy (non-hydrogen) atoms. The van der Waals surface area contributed by atoms with E-state index in [1.165, 1.54) is 12.3 Å². The van der Waals surface area contributed by atoms with Gasteiger partial charge in [-0.15, -0.1) is 0 Å². The molecule has 1 aromatic heterocycles. The summed E-state index contributed by atoms with van der Waals surface area (Å²) in [5.41, 5.74) is 0.977. The number of nitrogens with zero attached hydrogens (tertiary/aromatic N) is 1. The first kappa shape index (κ1) is 12.8. The Morgan fingerprint density at radius 3 is 2.72 bits per heavy atom. The average Bonchev–Trinajstić information content (AvgIpc) is 2.38. The lowest BCUT2D eigenvalue weighted by atomic mass is 10.2. The van der Waals surface area contributed by atoms with E-state index in [0.29, 0.717) is 22.0 Å². The SMILES string of the molecule is OCc1ccc(OCc2ccc(Cl)cc2F)cn1. The van der Waals surface area contributed by atoms with Crippen molar-refractivity contribution in [2.75, 3.05) is 0 Å². The summed E-state index contributed by atoms with van der Waals surface area (Å²) in [6.07, 6.45) is 1.49. The zero-order valence-electron chi connectivity index (χ0n) is 9.44. The van der Waals surface area contributed by atoms with E-state index in [0.717, 1.165) is 0 Å². The number of halogens is 2. The number of rotatable bonds is 4. The Bertz CT molecular complexity index is 531. The maximum Gasteiger partial charge on any atom is 0.138 e. The van der Waals surface area contributed by atoms with Crippen molar-refractivity contribution in [2.24, 2.45) is 0 Å². The zero-order chi connectivity index (χ0) is 13.0. The summed E-state index contributed by atoms with van der Waals surface area (Å²) in [7, 11) is 0. The van der Waals surface area contributed by atoms with Crippen LogP contribution < -0.4 is 4.74 Å². The summed E-state index contributed by atoms with van der Waals surface area (Å²) >= 11 is 5.65. The van der Waals surface area contributed by atoms with Gasteiger partial charge in [0.1, 0.15) is 18.2 Å². The van der Waals surface area contributed by atoms with Crippen LogP contribution in [0.2, 0.25) is 5.02 Å². The van der Waals surface area contributed by atoms with Gasteiger partial charge in [0.25, 0.3) is 0 Å². The van der Waals surface area contributed by atoms with Crippen LogP contribution in [0, 0.1) is 5.82 Å². The molecule has 0 aliphatic rings. The van der Waals surface area contributed by atoms with Gasteiger partial charge in [-0.3, -0.25) is 4.98 Å². The number of aliphatic hydroxyl groups excluding tert-OH is 1. The van der Waals surface area contributed by atoms with E-state index in [9.17, 15) is 4.39 Å². The molecule has 2 aromatic rings. The van der Waals surface area contributed by atoms with Crippen LogP contribution in [0.5, 0.6) is 5.75 Å². The fraction of sp³-hybridized carbons (Fsp3) is 0.154. The van der Waals surface area contributed by atoms with Crippen molar-refractivity contribution >= 4 is 11.6 Å². The lowest BCUT2D eigenvalue weighted by Crippen LogP contribution is -1.99. The average molecular weight is 268 g/mol. The molecule has 1 heterocycles. The summed E-state index contributed by atoms with van der Waals surface area (Å²) in [6.45, 7) is -0.0186. The van der Waals surface area contributed by atoms with Crippen LogP contribution in [0.1, 0.15) is 11.3 Å². The third-order valence-corrected chi connectivity index (χ3v) is 2.60. The molecule has 0 saturated heterocycles. The van der Waals surface area contributed by atoms with Gasteiger partial charge in [-0.05, 0) is 24.3 Å². The number of aromatic nitrogens is 1. The van der Waals surface area contributed by atoms with Gasteiger partial charge < -0.3 is 9.84 Å². The summed E-state index contributed by atoms with van der Waals surface area (Å²) in [5, 5.41) is 9.19. The summed E-state index contributed by atoms with van der Waals surface area (Å²) < 4.78 is 18.8. The summed E-state index contributed by atoms with van der Waals surface area (Å²) in [5.74, 6) is 0.115. The number of hydrogen-bond acceptors (Lipinski definition) is 3. The van der Waals surface area contributed by atoms with E-state index in [1.54, 1.807) is 24.3 Å². The molecule has 0 amide bonds. The fourth-order valence-electron chi connectivity index (χ4n) is 1.39. The number of aliphatic hydroxyl groups is 1. The molecule has 5 heteroatoms. The van der Waals surface area contributed by atoms with Crippen molar-refractivity contribution in [1.82, 2.24) is 4.98 Å². The first-order valence-corrected chi connectivity index (χ1v) is 5.69. The van der Waals surface area contributed by atoms with Gasteiger partial charge in [0.2, 0.25) is 0 Å². The van der Waals surface area contributed by atoms with Crippen LogP contribution >= 0.6 is 11.6 Å². The summed E-state index contributed by atoms with van der Waals surface area (Å²) in [4.78, 5) is 3.96. The molecular weight excluding hydrogens is 257 g/mol. The maximum absolute atomic E-state index is 13.5. The third-order valence-electron chi connectivity index (χ3n) is 2.37. The minimum absolute atomic E-state index is 0.100. The van der Waals surface area contributed by atoms with Gasteiger partial charge in [0.15, 0.2) is 0 Å². The number of ether oxygens (including phenoxy) is 1. The van der Waals surface area contributed by atoms with Crippen molar-refractivity contribution in [3.8, 4) is 5.75 Å². The zero-order valence-corrected chi connectivity index (χ0v) is 10.2. The Kier molecular flexibility index (Phi) is 4.12. The van der Waals surface area contributed by atoms with Gasteiger partial charge in [0.05, 0.1) is 18.5 Å². The lowest BCUT2D eigenvalue weighted by molar-refractivity contribution is 0.274. The highest BCUT2D eigenvalue weighted by Crippen LogP contribution is 2.17. The molecule has 2 rings (SSSR count). The van der Waals surface area contributed by atoms with Crippen LogP contribution in [0.3, 0.4) is 0 Å². The van der Waals surface area contributed by atoms with Crippen LogP contribution in [-0.2, 0) is 13.2 Å². The Balaban J connectivity index is 2.02. The normalized spacial score (nSPS) is 10.4. The van der Waals surface area contributed by atoms with Crippen LogP contribution in [-0.4, -0.2) is 10.1 Å². The number of pyridine rings is 1. The second kappa shape index (κ2) is 5.80. The summed E-state index contributed by atoms with van der Waals surface area (Å²) in [6, 6.07) is 7.75. The topological polar surface area (TPSA) is 42.4 Å². The second-order valence-corrected chi connectivity index (χ2v) is 4.10. The standard InChI is InChI=1S/C13H11ClFNO2/c14-10-2-1-9(13(15)5-10)8-18-12-4-3-11(7-17)16-6-12/h1-6,17H,7-8H2. The molecule has 1 N–H and O–H groups in total. The first-order chi connectivity index (χ1) is 8.69. The van der Waals surface area contributed by atoms with E-state index < -0.39 is 5.82 Å². The molecule has 94 valence electrons. The van der Waals surface area contributed by atoms with Gasteiger partial charge in [-0.2, -0.15) is 0 Å². The molecule has 0 saturated carbocycles. The first-order valence-electron chi connectivity index (χ1n) is 5.31. The second-order valence-electron chi connectivity index (χ2n) is 3.67. The molecule has 0 atom stereocenters. The Labute approximate surface area is 109 Å². The molecule has 0 aliphatic carbocycles. The largest absolute Gasteiger partial charge is 0.487 e. The third kappa shape index (κ3) is 3.18. The molecule has 0 bridgehead atoms. The molecule has 0 fully saturated rings. The minimum atomic E-state index is -0.401. The highest BCUT2D eigenvalue weighted by molar-refractivity contribution is 6.30. The van der Waals surface area contributed by atoms with Gasteiger partial charge in [-0.25, -0.2) is 4.39 Å². The molecule has 0 unspecified atom stereocenters. The van der Waals surface area contributed by atoms with Gasteiger partial charge in [-0.1, -0.05) is 17.7 Å². The fourth-order valence-corrected chi connectivity index (χ4v) is 1.55. The molecule has 0 aliphatic heterocycles. The molecule has 0 spiro atoms. The molecule has 3 nitrogen and oxygen atoms in total.